The Kier molecular flexibility index (Phi) is 12.1. The van der Waals surface area contributed by atoms with Crippen molar-refractivity contribution >= 4 is 54.8 Å². The molecule has 364 valence electrons. The molecule has 6 heteroatoms. The summed E-state index contributed by atoms with van der Waals surface area (Å²) in [4.78, 5) is 15.0. The summed E-state index contributed by atoms with van der Waals surface area (Å²) in [5.74, 6) is 3.41. The molecule has 0 fully saturated rings. The lowest BCUT2D eigenvalue weighted by Gasteiger charge is -2.35. The van der Waals surface area contributed by atoms with Crippen LogP contribution in [0.4, 0.5) is 0 Å². The minimum absolute atomic E-state index is 0.121. The van der Waals surface area contributed by atoms with Gasteiger partial charge in [0.2, 0.25) is 0 Å². The predicted molar refractivity (Wildman–Crippen MR) is 314 cm³/mol. The second-order valence-corrected chi connectivity index (χ2v) is 19.9. The van der Waals surface area contributed by atoms with E-state index < -0.39 is 0 Å². The standard InChI is InChI=1S/C69H57N5O/c1-7-23-47(8-2)66-70-67(48-25-13-11-14-26-48)72-68(71-66)55-32-22-34-60-65(55)75-46(4)59(69(60,5)6)33-21-24-45(3)49-36-39-63-57(42-49)58-44-51(38-41-64(58)74(63)53-29-17-12-18-30-53)50-37-40-62-56(43-50)54-31-19-20-35-61(54)73(62)52-27-15-9-10-16-28-52/h7-44,52H,1-6H3/b23-7-,33-21-,45-24+,47-8+. The molecule has 3 aromatic heterocycles. The molecular formula is C69H57N5O. The molecule has 75 heavy (non-hydrogen) atoms. The second-order valence-electron chi connectivity index (χ2n) is 19.9. The summed E-state index contributed by atoms with van der Waals surface area (Å²) in [5.41, 5.74) is 15.1. The van der Waals surface area contributed by atoms with Crippen LogP contribution in [0.3, 0.4) is 0 Å². The largest absolute Gasteiger partial charge is 0.461 e. The number of hydrogen-bond acceptors (Lipinski definition) is 4. The van der Waals surface area contributed by atoms with Gasteiger partial charge in [-0.15, -0.1) is 0 Å². The minimum Gasteiger partial charge on any atom is -0.461 e. The van der Waals surface area contributed by atoms with Crippen LogP contribution in [-0.4, -0.2) is 24.1 Å². The Morgan fingerprint density at radius 1 is 0.600 bits per heavy atom. The Morgan fingerprint density at radius 3 is 1.97 bits per heavy atom. The van der Waals surface area contributed by atoms with Gasteiger partial charge in [-0.05, 0) is 111 Å². The van der Waals surface area contributed by atoms with Crippen molar-refractivity contribution in [1.82, 2.24) is 24.1 Å². The summed E-state index contributed by atoms with van der Waals surface area (Å²) < 4.78 is 11.7. The fraction of sp³-hybridized carbons (Fsp3) is 0.116. The van der Waals surface area contributed by atoms with E-state index in [2.05, 4.69) is 219 Å². The summed E-state index contributed by atoms with van der Waals surface area (Å²) in [6.07, 6.45) is 25.7. The summed E-state index contributed by atoms with van der Waals surface area (Å²) in [5, 5.41) is 4.93. The quantitative estimate of drug-likeness (QED) is 0.128. The number of hydrogen-bond donors (Lipinski definition) is 0. The molecule has 2 aliphatic rings. The van der Waals surface area contributed by atoms with Crippen molar-refractivity contribution in [1.29, 1.82) is 0 Å². The maximum absolute atomic E-state index is 6.84. The number of allylic oxidation sites excluding steroid dienone is 16. The van der Waals surface area contributed by atoms with Gasteiger partial charge in [-0.3, -0.25) is 0 Å². The van der Waals surface area contributed by atoms with E-state index in [0.717, 1.165) is 56.2 Å². The summed E-state index contributed by atoms with van der Waals surface area (Å²) >= 11 is 0. The Hall–Kier alpha value is -9.13. The van der Waals surface area contributed by atoms with Gasteiger partial charge in [0.15, 0.2) is 17.5 Å². The van der Waals surface area contributed by atoms with Gasteiger partial charge in [0.1, 0.15) is 11.5 Å². The third-order valence-electron chi connectivity index (χ3n) is 15.0. The molecule has 0 N–H and O–H groups in total. The molecular weight excluding hydrogens is 915 g/mol. The number of para-hydroxylation sites is 3. The molecule has 10 aromatic rings. The van der Waals surface area contributed by atoms with E-state index in [0.29, 0.717) is 17.5 Å². The van der Waals surface area contributed by atoms with Crippen LogP contribution in [0.2, 0.25) is 0 Å². The molecule has 0 spiro atoms. The Labute approximate surface area is 438 Å². The normalized spacial score (nSPS) is 15.1. The second kappa shape index (κ2) is 19.4. The van der Waals surface area contributed by atoms with Crippen molar-refractivity contribution in [3.63, 3.8) is 0 Å². The van der Waals surface area contributed by atoms with Crippen LogP contribution in [0.1, 0.15) is 64.5 Å². The molecule has 4 heterocycles. The summed E-state index contributed by atoms with van der Waals surface area (Å²) in [6.45, 7) is 12.8. The summed E-state index contributed by atoms with van der Waals surface area (Å²) in [6, 6.07) is 56.8. The maximum Gasteiger partial charge on any atom is 0.167 e. The van der Waals surface area contributed by atoms with Crippen LogP contribution in [-0.2, 0) is 5.41 Å². The van der Waals surface area contributed by atoms with Gasteiger partial charge < -0.3 is 13.9 Å². The molecule has 1 aliphatic carbocycles. The number of benzene rings is 7. The molecule has 0 saturated heterocycles. The van der Waals surface area contributed by atoms with Gasteiger partial charge in [0, 0.05) is 66.0 Å². The first kappa shape index (κ1) is 46.9. The molecule has 0 atom stereocenters. The van der Waals surface area contributed by atoms with Gasteiger partial charge in [-0.1, -0.05) is 184 Å². The molecule has 6 nitrogen and oxygen atoms in total. The highest BCUT2D eigenvalue weighted by molar-refractivity contribution is 6.13. The smallest absolute Gasteiger partial charge is 0.167 e. The van der Waals surface area contributed by atoms with Crippen molar-refractivity contribution in [2.75, 3.05) is 0 Å². The maximum atomic E-state index is 6.84. The number of nitrogens with zero attached hydrogens (tertiary/aromatic N) is 5. The van der Waals surface area contributed by atoms with Crippen molar-refractivity contribution in [3.8, 4) is 45.3 Å². The topological polar surface area (TPSA) is 57.8 Å². The lowest BCUT2D eigenvalue weighted by atomic mass is 9.74. The van der Waals surface area contributed by atoms with E-state index in [9.17, 15) is 0 Å². The fourth-order valence-electron chi connectivity index (χ4n) is 11.2. The van der Waals surface area contributed by atoms with Crippen molar-refractivity contribution in [2.45, 2.75) is 53.0 Å². The summed E-state index contributed by atoms with van der Waals surface area (Å²) in [7, 11) is 0. The Morgan fingerprint density at radius 2 is 1.24 bits per heavy atom. The van der Waals surface area contributed by atoms with Crippen molar-refractivity contribution in [3.05, 3.63) is 259 Å². The third-order valence-corrected chi connectivity index (χ3v) is 15.0. The zero-order valence-corrected chi connectivity index (χ0v) is 43.2. The molecule has 7 aromatic carbocycles. The molecule has 0 amide bonds. The highest BCUT2D eigenvalue weighted by atomic mass is 16.5. The van der Waals surface area contributed by atoms with E-state index in [1.165, 1.54) is 54.7 Å². The number of aromatic nitrogens is 5. The number of fused-ring (bicyclic) bond motifs is 7. The predicted octanol–water partition coefficient (Wildman–Crippen LogP) is 17.9. The number of ether oxygens (including phenoxy) is 1. The molecule has 1 aliphatic heterocycles. The SMILES string of the molecule is C/C=C\C(=C/C)c1nc(-c2ccccc2)nc(-c2cccc3c2OC(C)=C(/C=C\C=C(/C)c2ccc4c(c2)c2cc(-c5ccc6c(c5)c5ccccc5n6C5C=CC=CC=C5)ccc2n4-c2ccccc2)C3(C)C)n1. The van der Waals surface area contributed by atoms with Crippen LogP contribution < -0.4 is 4.74 Å². The van der Waals surface area contributed by atoms with Gasteiger partial charge in [0.05, 0.1) is 22.6 Å². The third kappa shape index (κ3) is 8.38. The van der Waals surface area contributed by atoms with Gasteiger partial charge in [0.25, 0.3) is 0 Å². The molecule has 12 rings (SSSR count). The van der Waals surface area contributed by atoms with E-state index in [1.807, 2.05) is 62.4 Å². The van der Waals surface area contributed by atoms with E-state index in [1.54, 1.807) is 0 Å². The van der Waals surface area contributed by atoms with Crippen LogP contribution >= 0.6 is 0 Å². The first-order valence-electron chi connectivity index (χ1n) is 25.9. The molecule has 0 unspecified atom stereocenters. The zero-order valence-electron chi connectivity index (χ0n) is 43.2. The average Bonchev–Trinajstić information content (AvgIpc) is 3.80. The van der Waals surface area contributed by atoms with Crippen LogP contribution in [0.5, 0.6) is 5.75 Å². The minimum atomic E-state index is -0.387. The van der Waals surface area contributed by atoms with E-state index in [-0.39, 0.29) is 11.5 Å². The highest BCUT2D eigenvalue weighted by Crippen LogP contribution is 2.48. The Balaban J connectivity index is 0.897. The lowest BCUT2D eigenvalue weighted by Crippen LogP contribution is -2.27. The zero-order chi connectivity index (χ0) is 51.2. The van der Waals surface area contributed by atoms with E-state index in [4.69, 9.17) is 19.7 Å². The van der Waals surface area contributed by atoms with Gasteiger partial charge in [-0.25, -0.2) is 15.0 Å². The average molecular weight is 972 g/mol. The van der Waals surface area contributed by atoms with Gasteiger partial charge in [-0.2, -0.15) is 0 Å². The van der Waals surface area contributed by atoms with Crippen molar-refractivity contribution in [2.24, 2.45) is 0 Å². The van der Waals surface area contributed by atoms with Crippen LogP contribution in [0.15, 0.2) is 242 Å². The number of rotatable bonds is 10. The van der Waals surface area contributed by atoms with E-state index >= 15 is 0 Å². The monoisotopic (exact) mass is 971 g/mol. The Bertz CT molecular complexity index is 4130. The first-order valence-corrected chi connectivity index (χ1v) is 25.9. The fourth-order valence-corrected chi connectivity index (χ4v) is 11.2. The lowest BCUT2D eigenvalue weighted by molar-refractivity contribution is 0.375. The molecule has 0 saturated carbocycles. The van der Waals surface area contributed by atoms with Crippen LogP contribution in [0, 0.1) is 0 Å². The van der Waals surface area contributed by atoms with Crippen LogP contribution in [0.25, 0.3) is 94.3 Å². The molecule has 0 bridgehead atoms. The van der Waals surface area contributed by atoms with Crippen molar-refractivity contribution < 1.29 is 4.74 Å². The molecule has 0 radical (unpaired) electrons. The van der Waals surface area contributed by atoms with Gasteiger partial charge >= 0.3 is 0 Å². The first-order chi connectivity index (χ1) is 36.7. The highest BCUT2D eigenvalue weighted by Gasteiger charge is 2.36.